The number of aliphatic hydroxyl groups excluding tert-OH is 2. The maximum absolute atomic E-state index is 13.0. The molecule has 2 aliphatic heterocycles. The van der Waals surface area contributed by atoms with Crippen LogP contribution in [0, 0.1) is 17.3 Å². The van der Waals surface area contributed by atoms with Crippen LogP contribution in [0.3, 0.4) is 0 Å². The molecule has 10 heteroatoms. The maximum Gasteiger partial charge on any atom is 0.328 e. The first-order valence-electron chi connectivity index (χ1n) is 15.8. The van der Waals surface area contributed by atoms with Crippen molar-refractivity contribution in [2.45, 2.75) is 96.8 Å². The first-order chi connectivity index (χ1) is 21.7. The molecule has 0 spiro atoms. The van der Waals surface area contributed by atoms with Crippen molar-refractivity contribution in [1.82, 2.24) is 5.32 Å². The monoisotopic (exact) mass is 643 g/mol. The van der Waals surface area contributed by atoms with E-state index in [4.69, 9.17) is 19.3 Å². The number of rotatable bonds is 15. The number of hydrogen-bond acceptors (Lipinski definition) is 8. The molecule has 0 radical (unpaired) electrons. The first kappa shape index (κ1) is 39.1. The molecule has 2 saturated heterocycles. The zero-order chi connectivity index (χ0) is 34.5. The predicted molar refractivity (Wildman–Crippen MR) is 178 cm³/mol. The lowest BCUT2D eigenvalue weighted by Gasteiger charge is -2.50. The third-order valence-corrected chi connectivity index (χ3v) is 8.78. The van der Waals surface area contributed by atoms with Crippen LogP contribution in [0.4, 0.5) is 0 Å². The zero-order valence-corrected chi connectivity index (χ0v) is 28.1. The zero-order valence-electron chi connectivity index (χ0n) is 28.1. The van der Waals surface area contributed by atoms with Gasteiger partial charge >= 0.3 is 5.97 Å². The molecule has 10 nitrogen and oxygen atoms in total. The van der Waals surface area contributed by atoms with Crippen LogP contribution < -0.4 is 5.32 Å². The van der Waals surface area contributed by atoms with E-state index >= 15 is 0 Å². The predicted octanol–water partition coefficient (Wildman–Crippen LogP) is 4.16. The van der Waals surface area contributed by atoms with Crippen LogP contribution in [-0.2, 0) is 23.8 Å². The average molecular weight is 644 g/mol. The highest BCUT2D eigenvalue weighted by atomic mass is 16.6. The van der Waals surface area contributed by atoms with Crippen molar-refractivity contribution in [2.24, 2.45) is 17.3 Å². The van der Waals surface area contributed by atoms with Gasteiger partial charge in [-0.1, -0.05) is 93.7 Å². The maximum atomic E-state index is 13.0. The lowest BCUT2D eigenvalue weighted by molar-refractivity contribution is -0.312. The van der Waals surface area contributed by atoms with Crippen LogP contribution in [0.25, 0.3) is 0 Å². The second kappa shape index (κ2) is 18.3. The second-order valence-electron chi connectivity index (χ2n) is 12.6. The molecule has 2 heterocycles. The molecule has 46 heavy (non-hydrogen) atoms. The summed E-state index contributed by atoms with van der Waals surface area (Å²) in [6.07, 6.45) is 19.2. The topological polar surface area (TPSA) is 155 Å². The van der Waals surface area contributed by atoms with Gasteiger partial charge in [-0.25, -0.2) is 4.79 Å². The summed E-state index contributed by atoms with van der Waals surface area (Å²) in [6.45, 7) is 11.4. The summed E-state index contributed by atoms with van der Waals surface area (Å²) >= 11 is 0. The minimum absolute atomic E-state index is 0.0643. The summed E-state index contributed by atoms with van der Waals surface area (Å²) in [7, 11) is 1.62. The van der Waals surface area contributed by atoms with E-state index in [1.54, 1.807) is 56.6 Å². The Morgan fingerprint density at radius 3 is 2.37 bits per heavy atom. The number of aliphatic hydroxyl groups is 3. The normalized spacial score (nSPS) is 31.2. The first-order valence-corrected chi connectivity index (χ1v) is 15.8. The highest BCUT2D eigenvalue weighted by molar-refractivity contribution is 5.80. The summed E-state index contributed by atoms with van der Waals surface area (Å²) in [6, 6.07) is 0. The molecule has 2 rings (SSSR count). The SMILES string of the molecule is C/C=C\C=C\[C@@H]1O[C@](O)([C@H](C)C(=O)NC/C=C/C=C(\C)C(OC)C(C)C2CC(O)C(/C=C/C=C/C=C/C(=O)O)O2)C[C@H](O)C1(C)C. The smallest absolute Gasteiger partial charge is 0.328 e. The summed E-state index contributed by atoms with van der Waals surface area (Å²) < 4.78 is 17.9. The number of methoxy groups -OCH3 is 1. The molecular weight excluding hydrogens is 590 g/mol. The Kier molecular flexibility index (Phi) is 15.5. The summed E-state index contributed by atoms with van der Waals surface area (Å²) in [5.74, 6) is -4.24. The van der Waals surface area contributed by atoms with Gasteiger partial charge < -0.3 is 40.0 Å². The molecule has 5 N–H and O–H groups in total. The average Bonchev–Trinajstić information content (AvgIpc) is 3.37. The molecule has 0 aromatic rings. The summed E-state index contributed by atoms with van der Waals surface area (Å²) in [4.78, 5) is 23.5. The molecule has 0 saturated carbocycles. The molecule has 1 amide bonds. The number of carboxylic acid groups (broad SMARTS) is 1. The van der Waals surface area contributed by atoms with Crippen LogP contribution in [0.15, 0.2) is 84.6 Å². The molecule has 0 aromatic heterocycles. The lowest BCUT2D eigenvalue weighted by Crippen LogP contribution is -2.60. The fraction of sp³-hybridized carbons (Fsp3) is 0.556. The van der Waals surface area contributed by atoms with Crippen LogP contribution >= 0.6 is 0 Å². The molecule has 0 aromatic carbocycles. The van der Waals surface area contributed by atoms with E-state index in [0.29, 0.717) is 6.42 Å². The van der Waals surface area contributed by atoms with Gasteiger partial charge in [0, 0.05) is 43.9 Å². The van der Waals surface area contributed by atoms with Crippen molar-refractivity contribution >= 4 is 11.9 Å². The Hall–Kier alpha value is -3.12. The third kappa shape index (κ3) is 11.0. The molecule has 0 bridgehead atoms. The second-order valence-corrected chi connectivity index (χ2v) is 12.6. The van der Waals surface area contributed by atoms with Gasteiger partial charge in [0.05, 0.1) is 36.4 Å². The Labute approximate surface area is 273 Å². The minimum atomic E-state index is -1.83. The van der Waals surface area contributed by atoms with Crippen molar-refractivity contribution in [3.8, 4) is 0 Å². The van der Waals surface area contributed by atoms with E-state index in [9.17, 15) is 24.9 Å². The van der Waals surface area contributed by atoms with Gasteiger partial charge in [-0.2, -0.15) is 0 Å². The lowest BCUT2D eigenvalue weighted by atomic mass is 9.73. The van der Waals surface area contributed by atoms with E-state index in [0.717, 1.165) is 11.6 Å². The molecule has 2 aliphatic rings. The highest BCUT2D eigenvalue weighted by Crippen LogP contribution is 2.43. The largest absolute Gasteiger partial charge is 0.478 e. The van der Waals surface area contributed by atoms with Crippen molar-refractivity contribution < 1.29 is 44.2 Å². The Morgan fingerprint density at radius 1 is 1.04 bits per heavy atom. The molecular formula is C36H53NO9. The van der Waals surface area contributed by atoms with Gasteiger partial charge in [-0.3, -0.25) is 4.79 Å². The Bertz CT molecular complexity index is 1210. The fourth-order valence-corrected chi connectivity index (χ4v) is 5.57. The van der Waals surface area contributed by atoms with E-state index in [-0.39, 0.29) is 31.1 Å². The van der Waals surface area contributed by atoms with Crippen molar-refractivity contribution in [1.29, 1.82) is 0 Å². The number of allylic oxidation sites excluding steroid dienone is 9. The fourth-order valence-electron chi connectivity index (χ4n) is 5.57. The molecule has 2 fully saturated rings. The molecule has 9 atom stereocenters. The van der Waals surface area contributed by atoms with Crippen LogP contribution in [0.2, 0.25) is 0 Å². The van der Waals surface area contributed by atoms with E-state index in [1.165, 1.54) is 6.08 Å². The van der Waals surface area contributed by atoms with E-state index < -0.39 is 53.4 Å². The summed E-state index contributed by atoms with van der Waals surface area (Å²) in [5.41, 5.74) is 0.295. The number of aliphatic carboxylic acids is 1. The number of amides is 1. The number of ether oxygens (including phenoxy) is 3. The van der Waals surface area contributed by atoms with Gasteiger partial charge in [0.25, 0.3) is 0 Å². The number of carbonyl (C=O) groups excluding carboxylic acids is 1. The van der Waals surface area contributed by atoms with E-state index in [2.05, 4.69) is 5.32 Å². The van der Waals surface area contributed by atoms with Gasteiger partial charge in [0.15, 0.2) is 5.79 Å². The Morgan fingerprint density at radius 2 is 1.72 bits per heavy atom. The van der Waals surface area contributed by atoms with Crippen LogP contribution in [-0.4, -0.2) is 88.4 Å². The van der Waals surface area contributed by atoms with Crippen LogP contribution in [0.5, 0.6) is 0 Å². The molecule has 5 unspecified atom stereocenters. The Balaban J connectivity index is 1.93. The van der Waals surface area contributed by atoms with Gasteiger partial charge in [0.2, 0.25) is 5.91 Å². The standard InChI is InChI=1S/C36H53NO9/c1-8-9-12-19-31-35(5,6)30(39)23-36(43,46-31)26(4)34(42)37-21-16-15-17-24(2)33(44-7)25(3)29-22-27(38)28(45-29)18-13-10-11-14-20-32(40)41/h8-20,25-31,33,38-39,43H,21-23H2,1-7H3,(H,37,42)(H,40,41)/b9-8-,11-10+,16-15+,18-13+,19-12+,20-14+,24-17+/t25?,26-,27?,28?,29?,30+,31+,33?,36+/m1/s1. The highest BCUT2D eigenvalue weighted by Gasteiger charge is 2.53. The number of carboxylic acids is 1. The van der Waals surface area contributed by atoms with Crippen molar-refractivity contribution in [3.63, 3.8) is 0 Å². The molecule has 0 aliphatic carbocycles. The third-order valence-electron chi connectivity index (χ3n) is 8.78. The van der Waals surface area contributed by atoms with Crippen LogP contribution in [0.1, 0.15) is 54.4 Å². The van der Waals surface area contributed by atoms with Gasteiger partial charge in [-0.15, -0.1) is 0 Å². The molecule has 256 valence electrons. The number of hydrogen-bond donors (Lipinski definition) is 5. The minimum Gasteiger partial charge on any atom is -0.478 e. The summed E-state index contributed by atoms with van der Waals surface area (Å²) in [5, 5.41) is 44.0. The van der Waals surface area contributed by atoms with Crippen molar-refractivity contribution in [3.05, 3.63) is 84.6 Å². The number of carbonyl (C=O) groups is 2. The van der Waals surface area contributed by atoms with Crippen molar-refractivity contribution in [2.75, 3.05) is 13.7 Å². The quantitative estimate of drug-likeness (QED) is 0.131. The number of nitrogens with one attached hydrogen (secondary N) is 1. The van der Waals surface area contributed by atoms with Gasteiger partial charge in [-0.05, 0) is 26.3 Å². The van der Waals surface area contributed by atoms with E-state index in [1.807, 2.05) is 58.9 Å². The van der Waals surface area contributed by atoms with Gasteiger partial charge in [0.1, 0.15) is 6.10 Å².